The summed E-state index contributed by atoms with van der Waals surface area (Å²) in [6.07, 6.45) is 0.638. The molecule has 0 aliphatic carbocycles. The molecule has 0 saturated heterocycles. The predicted octanol–water partition coefficient (Wildman–Crippen LogP) is 2.27. The van der Waals surface area contributed by atoms with Gasteiger partial charge in [0, 0.05) is 12.6 Å². The first-order chi connectivity index (χ1) is 13.2. The Morgan fingerprint density at radius 2 is 1.78 bits per heavy atom. The second-order valence-electron chi connectivity index (χ2n) is 6.02. The van der Waals surface area contributed by atoms with Crippen molar-refractivity contribution in [2.24, 2.45) is 0 Å². The number of rotatable bonds is 7. The molecule has 0 aliphatic rings. The molecule has 6 heteroatoms. The lowest BCUT2D eigenvalue weighted by molar-refractivity contribution is 0.0946. The summed E-state index contributed by atoms with van der Waals surface area (Å²) in [5.74, 6) is 0.480. The van der Waals surface area contributed by atoms with Crippen LogP contribution < -0.4 is 15.6 Å². The van der Waals surface area contributed by atoms with Crippen LogP contribution in [0.4, 0.5) is 0 Å². The topological polar surface area (TPSA) is 73.2 Å². The number of benzene rings is 2. The van der Waals surface area contributed by atoms with E-state index < -0.39 is 0 Å². The van der Waals surface area contributed by atoms with Gasteiger partial charge in [-0.3, -0.25) is 9.59 Å². The number of carbonyl (C=O) groups excluding carboxylic acids is 1. The predicted molar refractivity (Wildman–Crippen MR) is 103 cm³/mol. The minimum Gasteiger partial charge on any atom is -0.496 e. The lowest BCUT2D eigenvalue weighted by Crippen LogP contribution is -2.31. The maximum absolute atomic E-state index is 12.4. The van der Waals surface area contributed by atoms with Gasteiger partial charge in [0.25, 0.3) is 11.5 Å². The first-order valence-corrected chi connectivity index (χ1v) is 8.69. The molecule has 0 unspecified atom stereocenters. The molecule has 1 N–H and O–H groups in total. The summed E-state index contributed by atoms with van der Waals surface area (Å²) < 4.78 is 6.61. The van der Waals surface area contributed by atoms with Crippen LogP contribution in [0.25, 0.3) is 0 Å². The molecule has 0 fully saturated rings. The zero-order chi connectivity index (χ0) is 19.1. The van der Waals surface area contributed by atoms with Crippen LogP contribution in [-0.4, -0.2) is 29.3 Å². The number of amides is 1. The summed E-state index contributed by atoms with van der Waals surface area (Å²) in [7, 11) is 1.62. The molecule has 1 heterocycles. The van der Waals surface area contributed by atoms with Crippen LogP contribution in [0.5, 0.6) is 5.75 Å². The summed E-state index contributed by atoms with van der Waals surface area (Å²) in [5.41, 5.74) is 1.93. The number of nitrogens with one attached hydrogen (secondary N) is 1. The number of carbonyl (C=O) groups is 1. The molecule has 1 aromatic heterocycles. The van der Waals surface area contributed by atoms with E-state index >= 15 is 0 Å². The van der Waals surface area contributed by atoms with E-state index in [9.17, 15) is 9.59 Å². The molecule has 3 rings (SSSR count). The van der Waals surface area contributed by atoms with Crippen molar-refractivity contribution in [1.82, 2.24) is 15.1 Å². The van der Waals surface area contributed by atoms with Gasteiger partial charge in [-0.05, 0) is 29.7 Å². The average molecular weight is 363 g/mol. The lowest BCUT2D eigenvalue weighted by Gasteiger charge is -2.10. The number of aromatic nitrogens is 2. The smallest absolute Gasteiger partial charge is 0.271 e. The Morgan fingerprint density at radius 3 is 2.56 bits per heavy atom. The molecule has 138 valence electrons. The van der Waals surface area contributed by atoms with Gasteiger partial charge in [0.1, 0.15) is 11.4 Å². The number of hydrogen-bond acceptors (Lipinski definition) is 4. The van der Waals surface area contributed by atoms with Crippen LogP contribution in [-0.2, 0) is 13.0 Å². The number of hydrogen-bond donors (Lipinski definition) is 1. The van der Waals surface area contributed by atoms with E-state index in [1.807, 2.05) is 54.6 Å². The van der Waals surface area contributed by atoms with E-state index in [-0.39, 0.29) is 17.2 Å². The normalized spacial score (nSPS) is 10.4. The molecule has 0 spiro atoms. The molecule has 2 aromatic carbocycles. The maximum Gasteiger partial charge on any atom is 0.271 e. The van der Waals surface area contributed by atoms with Gasteiger partial charge in [-0.1, -0.05) is 48.5 Å². The maximum atomic E-state index is 12.4. The minimum atomic E-state index is -0.313. The van der Waals surface area contributed by atoms with E-state index in [4.69, 9.17) is 4.74 Å². The van der Waals surface area contributed by atoms with Crippen molar-refractivity contribution in [2.75, 3.05) is 13.7 Å². The molecule has 0 atom stereocenters. The van der Waals surface area contributed by atoms with Crippen molar-refractivity contribution in [2.45, 2.75) is 13.0 Å². The van der Waals surface area contributed by atoms with Crippen LogP contribution in [0.3, 0.4) is 0 Å². The molecule has 0 saturated carbocycles. The fourth-order valence-corrected chi connectivity index (χ4v) is 2.75. The highest BCUT2D eigenvalue weighted by atomic mass is 16.5. The Kier molecular flexibility index (Phi) is 5.99. The summed E-state index contributed by atoms with van der Waals surface area (Å²) in [6, 6.07) is 20.0. The van der Waals surface area contributed by atoms with Crippen LogP contribution in [0.1, 0.15) is 21.6 Å². The monoisotopic (exact) mass is 363 g/mol. The van der Waals surface area contributed by atoms with Crippen molar-refractivity contribution in [1.29, 1.82) is 0 Å². The molecular formula is C21H21N3O3. The van der Waals surface area contributed by atoms with E-state index in [2.05, 4.69) is 10.4 Å². The van der Waals surface area contributed by atoms with Crippen molar-refractivity contribution in [3.8, 4) is 5.75 Å². The quantitative estimate of drug-likeness (QED) is 0.699. The Balaban J connectivity index is 1.64. The zero-order valence-electron chi connectivity index (χ0n) is 15.1. The van der Waals surface area contributed by atoms with Gasteiger partial charge < -0.3 is 10.1 Å². The first kappa shape index (κ1) is 18.4. The van der Waals surface area contributed by atoms with E-state index in [0.29, 0.717) is 19.5 Å². The Bertz CT molecular complexity index is 968. The van der Waals surface area contributed by atoms with E-state index in [1.54, 1.807) is 7.11 Å². The zero-order valence-corrected chi connectivity index (χ0v) is 15.1. The molecule has 0 aliphatic heterocycles. The molecule has 6 nitrogen and oxygen atoms in total. The average Bonchev–Trinajstić information content (AvgIpc) is 2.70. The number of nitrogens with zero attached hydrogens (tertiary/aromatic N) is 2. The molecule has 27 heavy (non-hydrogen) atoms. The fraction of sp³-hybridized carbons (Fsp3) is 0.190. The third-order valence-electron chi connectivity index (χ3n) is 4.15. The summed E-state index contributed by atoms with van der Waals surface area (Å²) in [4.78, 5) is 24.4. The molecule has 1 amide bonds. The Morgan fingerprint density at radius 1 is 1.04 bits per heavy atom. The van der Waals surface area contributed by atoms with Gasteiger partial charge in [0.2, 0.25) is 0 Å². The highest BCUT2D eigenvalue weighted by molar-refractivity contribution is 5.91. The second kappa shape index (κ2) is 8.80. The standard InChI is InChI=1S/C21H21N3O3/c1-27-19-10-6-5-9-17(19)13-14-22-21(26)18-11-12-20(25)24(23-18)15-16-7-3-2-4-8-16/h2-12H,13-15H2,1H3,(H,22,26). The molecular weight excluding hydrogens is 342 g/mol. The van der Waals surface area contributed by atoms with Gasteiger partial charge in [0.05, 0.1) is 13.7 Å². The number of methoxy groups -OCH3 is 1. The highest BCUT2D eigenvalue weighted by Crippen LogP contribution is 2.17. The minimum absolute atomic E-state index is 0.213. The summed E-state index contributed by atoms with van der Waals surface area (Å²) in [5, 5.41) is 7.03. The second-order valence-corrected chi connectivity index (χ2v) is 6.02. The van der Waals surface area contributed by atoms with Gasteiger partial charge >= 0.3 is 0 Å². The van der Waals surface area contributed by atoms with Gasteiger partial charge in [-0.25, -0.2) is 4.68 Å². The van der Waals surface area contributed by atoms with E-state index in [0.717, 1.165) is 16.9 Å². The van der Waals surface area contributed by atoms with Crippen LogP contribution in [0, 0.1) is 0 Å². The third kappa shape index (κ3) is 4.82. The van der Waals surface area contributed by atoms with Gasteiger partial charge in [-0.2, -0.15) is 5.10 Å². The number of para-hydroxylation sites is 1. The fourth-order valence-electron chi connectivity index (χ4n) is 2.75. The number of ether oxygens (including phenoxy) is 1. The summed E-state index contributed by atoms with van der Waals surface area (Å²) >= 11 is 0. The Hall–Kier alpha value is -3.41. The van der Waals surface area contributed by atoms with Gasteiger partial charge in [0.15, 0.2) is 0 Å². The lowest BCUT2D eigenvalue weighted by atomic mass is 10.1. The van der Waals surface area contributed by atoms with Crippen molar-refractivity contribution >= 4 is 5.91 Å². The van der Waals surface area contributed by atoms with Crippen molar-refractivity contribution in [3.05, 3.63) is 93.9 Å². The van der Waals surface area contributed by atoms with E-state index in [1.165, 1.54) is 16.8 Å². The molecule has 0 bridgehead atoms. The Labute approximate surface area is 157 Å². The first-order valence-electron chi connectivity index (χ1n) is 8.69. The highest BCUT2D eigenvalue weighted by Gasteiger charge is 2.10. The van der Waals surface area contributed by atoms with Crippen molar-refractivity contribution in [3.63, 3.8) is 0 Å². The van der Waals surface area contributed by atoms with Crippen LogP contribution >= 0.6 is 0 Å². The van der Waals surface area contributed by atoms with Crippen molar-refractivity contribution < 1.29 is 9.53 Å². The van der Waals surface area contributed by atoms with Crippen LogP contribution in [0.15, 0.2) is 71.5 Å². The van der Waals surface area contributed by atoms with Crippen LogP contribution in [0.2, 0.25) is 0 Å². The largest absolute Gasteiger partial charge is 0.496 e. The molecule has 0 radical (unpaired) electrons. The SMILES string of the molecule is COc1ccccc1CCNC(=O)c1ccc(=O)n(Cc2ccccc2)n1. The molecule has 3 aromatic rings. The summed E-state index contributed by atoms with van der Waals surface area (Å²) in [6.45, 7) is 0.765. The van der Waals surface area contributed by atoms with Gasteiger partial charge in [-0.15, -0.1) is 0 Å². The third-order valence-corrected chi connectivity index (χ3v) is 4.15.